The van der Waals surface area contributed by atoms with Gasteiger partial charge in [-0.25, -0.2) is 4.98 Å². The smallest absolute Gasteiger partial charge is 0.206 e. The fraction of sp³-hybridized carbons (Fsp3) is 0.316. The van der Waals surface area contributed by atoms with E-state index in [0.717, 1.165) is 47.4 Å². The Hall–Kier alpha value is -1.85. The number of β-amino-alcohol motifs (C(OH)–C–C–N with tert-alkyl or cyclic N) is 1. The third-order valence-corrected chi connectivity index (χ3v) is 5.10. The number of fused-ring (bicyclic) bond motifs is 1. The third kappa shape index (κ3) is 3.06. The number of aromatic nitrogens is 2. The predicted octanol–water partition coefficient (Wildman–Crippen LogP) is 3.81. The van der Waals surface area contributed by atoms with Crippen molar-refractivity contribution in [2.45, 2.75) is 25.5 Å². The number of para-hydroxylation sites is 2. The van der Waals surface area contributed by atoms with E-state index in [4.69, 9.17) is 4.98 Å². The molecule has 0 bridgehead atoms. The average Bonchev–Trinajstić information content (AvgIpc) is 2.96. The van der Waals surface area contributed by atoms with Crippen molar-refractivity contribution in [2.75, 3.05) is 18.0 Å². The molecule has 2 aromatic carbocycles. The molecule has 4 rings (SSSR count). The van der Waals surface area contributed by atoms with Crippen LogP contribution in [0.5, 0.6) is 0 Å². The molecule has 0 spiro atoms. The minimum atomic E-state index is -0.264. The van der Waals surface area contributed by atoms with Crippen LogP contribution in [0.4, 0.5) is 5.95 Å². The lowest BCUT2D eigenvalue weighted by molar-refractivity contribution is 0.153. The molecule has 1 saturated heterocycles. The van der Waals surface area contributed by atoms with Gasteiger partial charge < -0.3 is 14.6 Å². The Morgan fingerprint density at radius 3 is 2.71 bits per heavy atom. The van der Waals surface area contributed by atoms with Gasteiger partial charge in [0.15, 0.2) is 0 Å². The van der Waals surface area contributed by atoms with Crippen LogP contribution in [0.15, 0.2) is 53.0 Å². The summed E-state index contributed by atoms with van der Waals surface area (Å²) in [6, 6.07) is 16.6. The van der Waals surface area contributed by atoms with Gasteiger partial charge in [-0.3, -0.25) is 0 Å². The van der Waals surface area contributed by atoms with E-state index >= 15 is 0 Å². The Bertz CT molecular complexity index is 843. The van der Waals surface area contributed by atoms with Crippen molar-refractivity contribution in [1.82, 2.24) is 9.55 Å². The first kappa shape index (κ1) is 15.7. The van der Waals surface area contributed by atoms with E-state index in [1.54, 1.807) is 0 Å². The number of anilines is 1. The number of hydrogen-bond acceptors (Lipinski definition) is 3. The summed E-state index contributed by atoms with van der Waals surface area (Å²) in [4.78, 5) is 7.07. The van der Waals surface area contributed by atoms with Crippen LogP contribution in [0.3, 0.4) is 0 Å². The van der Waals surface area contributed by atoms with Gasteiger partial charge >= 0.3 is 0 Å². The molecule has 0 radical (unpaired) electrons. The Labute approximate surface area is 149 Å². The highest BCUT2D eigenvalue weighted by atomic mass is 79.9. The third-order valence-electron chi connectivity index (χ3n) is 4.57. The minimum Gasteiger partial charge on any atom is -0.391 e. The molecule has 5 heteroatoms. The van der Waals surface area contributed by atoms with Gasteiger partial charge in [-0.2, -0.15) is 0 Å². The van der Waals surface area contributed by atoms with E-state index in [1.807, 2.05) is 6.07 Å². The van der Waals surface area contributed by atoms with Crippen molar-refractivity contribution in [3.8, 4) is 0 Å². The number of aliphatic hydroxyl groups is 1. The van der Waals surface area contributed by atoms with Crippen LogP contribution < -0.4 is 4.90 Å². The molecule has 1 atom stereocenters. The highest BCUT2D eigenvalue weighted by Crippen LogP contribution is 2.26. The molecule has 3 aromatic rings. The van der Waals surface area contributed by atoms with Gasteiger partial charge in [0.05, 0.1) is 23.7 Å². The summed E-state index contributed by atoms with van der Waals surface area (Å²) in [7, 11) is 0. The van der Waals surface area contributed by atoms with Crippen LogP contribution in [0.1, 0.15) is 18.4 Å². The van der Waals surface area contributed by atoms with E-state index < -0.39 is 0 Å². The number of piperidine rings is 1. The second kappa shape index (κ2) is 6.57. The van der Waals surface area contributed by atoms with Gasteiger partial charge in [-0.05, 0) is 42.7 Å². The van der Waals surface area contributed by atoms with Crippen LogP contribution in [0.25, 0.3) is 11.0 Å². The Balaban J connectivity index is 1.76. The lowest BCUT2D eigenvalue weighted by Gasteiger charge is -2.31. The topological polar surface area (TPSA) is 41.3 Å². The first-order chi connectivity index (χ1) is 11.7. The Morgan fingerprint density at radius 2 is 1.92 bits per heavy atom. The summed E-state index contributed by atoms with van der Waals surface area (Å²) in [6.45, 7) is 2.38. The molecule has 1 aliphatic heterocycles. The van der Waals surface area contributed by atoms with E-state index in [2.05, 4.69) is 67.9 Å². The Kier molecular flexibility index (Phi) is 4.29. The second-order valence-corrected chi connectivity index (χ2v) is 7.27. The maximum absolute atomic E-state index is 10.0. The number of benzene rings is 2. The van der Waals surface area contributed by atoms with Gasteiger partial charge in [0.2, 0.25) is 5.95 Å². The summed E-state index contributed by atoms with van der Waals surface area (Å²) in [5.41, 5.74) is 3.38. The maximum atomic E-state index is 10.0. The van der Waals surface area contributed by atoms with Crippen molar-refractivity contribution in [3.05, 3.63) is 58.6 Å². The van der Waals surface area contributed by atoms with E-state index in [-0.39, 0.29) is 6.10 Å². The molecule has 0 saturated carbocycles. The molecule has 2 heterocycles. The molecule has 0 aliphatic carbocycles. The maximum Gasteiger partial charge on any atom is 0.206 e. The zero-order chi connectivity index (χ0) is 16.5. The number of halogens is 1. The molecule has 1 N–H and O–H groups in total. The van der Waals surface area contributed by atoms with Crippen molar-refractivity contribution in [1.29, 1.82) is 0 Å². The number of nitrogens with zero attached hydrogens (tertiary/aromatic N) is 3. The monoisotopic (exact) mass is 385 g/mol. The molecule has 1 aliphatic rings. The van der Waals surface area contributed by atoms with Gasteiger partial charge in [0, 0.05) is 17.6 Å². The van der Waals surface area contributed by atoms with Crippen LogP contribution in [0.2, 0.25) is 0 Å². The van der Waals surface area contributed by atoms with Crippen molar-refractivity contribution in [3.63, 3.8) is 0 Å². The fourth-order valence-corrected chi connectivity index (χ4v) is 3.63. The zero-order valence-electron chi connectivity index (χ0n) is 13.4. The van der Waals surface area contributed by atoms with Gasteiger partial charge in [0.1, 0.15) is 0 Å². The standard InChI is InChI=1S/C19H20BrN3O/c20-15-9-7-14(8-10-15)12-23-18-6-2-1-5-17(18)21-19(23)22-11-3-4-16(24)13-22/h1-2,5-10,16,24H,3-4,11-13H2/t16-/m1/s1. The van der Waals surface area contributed by atoms with Crippen LogP contribution in [-0.4, -0.2) is 33.9 Å². The quantitative estimate of drug-likeness (QED) is 0.745. The van der Waals surface area contributed by atoms with Crippen LogP contribution in [-0.2, 0) is 6.54 Å². The highest BCUT2D eigenvalue weighted by molar-refractivity contribution is 9.10. The normalized spacial score (nSPS) is 18.2. The first-order valence-corrected chi connectivity index (χ1v) is 9.13. The number of aliphatic hydroxyl groups excluding tert-OH is 1. The van der Waals surface area contributed by atoms with Crippen molar-refractivity contribution in [2.24, 2.45) is 0 Å². The average molecular weight is 386 g/mol. The number of imidazole rings is 1. The lowest BCUT2D eigenvalue weighted by atomic mass is 10.1. The van der Waals surface area contributed by atoms with Gasteiger partial charge in [-0.15, -0.1) is 0 Å². The number of rotatable bonds is 3. The minimum absolute atomic E-state index is 0.264. The SMILES string of the molecule is O[C@@H]1CCCN(c2nc3ccccc3n2Cc2ccc(Br)cc2)C1. The summed E-state index contributed by atoms with van der Waals surface area (Å²) in [5, 5.41) is 10.0. The molecule has 24 heavy (non-hydrogen) atoms. The van der Waals surface area contributed by atoms with Crippen LogP contribution in [0, 0.1) is 0 Å². The molecule has 0 unspecified atom stereocenters. The van der Waals surface area contributed by atoms with Crippen LogP contribution >= 0.6 is 15.9 Å². The molecule has 1 aromatic heterocycles. The fourth-order valence-electron chi connectivity index (χ4n) is 3.37. The van der Waals surface area contributed by atoms with E-state index in [1.165, 1.54) is 5.56 Å². The summed E-state index contributed by atoms with van der Waals surface area (Å²) in [5.74, 6) is 0.956. The number of hydrogen-bond donors (Lipinski definition) is 1. The predicted molar refractivity (Wildman–Crippen MR) is 100 cm³/mol. The van der Waals surface area contributed by atoms with Crippen molar-refractivity contribution >= 4 is 32.9 Å². The summed E-state index contributed by atoms with van der Waals surface area (Å²) < 4.78 is 3.34. The Morgan fingerprint density at radius 1 is 1.12 bits per heavy atom. The molecule has 1 fully saturated rings. The lowest BCUT2D eigenvalue weighted by Crippen LogP contribution is -2.39. The zero-order valence-corrected chi connectivity index (χ0v) is 15.0. The first-order valence-electron chi connectivity index (χ1n) is 8.33. The second-order valence-electron chi connectivity index (χ2n) is 6.36. The van der Waals surface area contributed by atoms with Gasteiger partial charge in [-0.1, -0.05) is 40.2 Å². The largest absolute Gasteiger partial charge is 0.391 e. The molecule has 4 nitrogen and oxygen atoms in total. The molecular weight excluding hydrogens is 366 g/mol. The summed E-state index contributed by atoms with van der Waals surface area (Å²) >= 11 is 3.49. The molecular formula is C19H20BrN3O. The highest BCUT2D eigenvalue weighted by Gasteiger charge is 2.23. The van der Waals surface area contributed by atoms with Crippen molar-refractivity contribution < 1.29 is 5.11 Å². The molecule has 124 valence electrons. The van der Waals surface area contributed by atoms with E-state index in [0.29, 0.717) is 6.54 Å². The summed E-state index contributed by atoms with van der Waals surface area (Å²) in [6.07, 6.45) is 1.62. The van der Waals surface area contributed by atoms with Gasteiger partial charge in [0.25, 0.3) is 0 Å². The molecule has 0 amide bonds. The van der Waals surface area contributed by atoms with E-state index in [9.17, 15) is 5.11 Å².